The number of nitrogens with zero attached hydrogens (tertiary/aromatic N) is 10. The average Bonchev–Trinajstić information content (AvgIpc) is 4.23. The maximum absolute atomic E-state index is 11.4. The van der Waals surface area contributed by atoms with Crippen molar-refractivity contribution in [2.45, 2.75) is 25.5 Å². The molecule has 11 rings (SSSR count). The molecule has 73 heavy (non-hydrogen) atoms. The van der Waals surface area contributed by atoms with Gasteiger partial charge < -0.3 is 37.6 Å². The zero-order valence-electron chi connectivity index (χ0n) is 40.5. The summed E-state index contributed by atoms with van der Waals surface area (Å²) in [5.41, 5.74) is 10.1. The van der Waals surface area contributed by atoms with Crippen molar-refractivity contribution in [1.82, 2.24) is 48.1 Å². The Bertz CT molecular complexity index is 3390. The monoisotopic (exact) mass is 1110 g/mol. The van der Waals surface area contributed by atoms with Crippen molar-refractivity contribution < 1.29 is 28.9 Å². The quantitative estimate of drug-likeness (QED) is 0.0951. The van der Waals surface area contributed by atoms with E-state index in [0.717, 1.165) is 99.0 Å². The molecular formula is C51H50Cl6N10O6. The van der Waals surface area contributed by atoms with Gasteiger partial charge in [0.25, 0.3) is 0 Å². The second-order valence-electron chi connectivity index (χ2n) is 16.5. The number of aryl methyl sites for hydroxylation is 4. The standard InChI is InChI=1S/C13H16ClN3O.C10H9ClN2O2.C10H8ClNO2.C9H8Cl2N2.C9H9ClN2O/c1-16-10(9-17-4-6-18-7-5-17)8-11-12(16)2-3-15-13(11)14;1-13-7-3-4-12-9(11)6(7)5-8(13)10(14)15-2;1-14-10(13)7-4-6-2-3-12-9(11)8(6)5-7;1-13-6(5-10)4-7-8(13)2-3-12-9(7)11;1-12-6(5-13)4-7-8(12)2-3-11-9(7)10/h2-3,8H,4-7,9H2,1H3;3-5H,1-2H3;2-3,5H,4H2,1H3;2-4H,5H2,1H3;2-4,13H,5H2,1H3. The van der Waals surface area contributed by atoms with Gasteiger partial charge in [-0.05, 0) is 66.2 Å². The van der Waals surface area contributed by atoms with Crippen molar-refractivity contribution in [3.63, 3.8) is 0 Å². The number of halogens is 6. The van der Waals surface area contributed by atoms with E-state index < -0.39 is 0 Å². The van der Waals surface area contributed by atoms with Crippen LogP contribution in [0.4, 0.5) is 0 Å². The molecule has 10 heterocycles. The van der Waals surface area contributed by atoms with Crippen LogP contribution in [0.3, 0.4) is 0 Å². The van der Waals surface area contributed by atoms with Crippen LogP contribution >= 0.6 is 69.6 Å². The Morgan fingerprint density at radius 1 is 0.589 bits per heavy atom. The molecule has 382 valence electrons. The smallest absolute Gasteiger partial charge is 0.354 e. The largest absolute Gasteiger partial charge is 0.466 e. The van der Waals surface area contributed by atoms with E-state index in [1.807, 2.05) is 59.6 Å². The van der Waals surface area contributed by atoms with Crippen LogP contribution in [0.1, 0.15) is 38.7 Å². The summed E-state index contributed by atoms with van der Waals surface area (Å²) < 4.78 is 22.5. The molecule has 22 heteroatoms. The highest BCUT2D eigenvalue weighted by atomic mass is 35.5. The Kier molecular flexibility index (Phi) is 18.8. The lowest BCUT2D eigenvalue weighted by Crippen LogP contribution is -2.36. The van der Waals surface area contributed by atoms with E-state index in [0.29, 0.717) is 49.3 Å². The summed E-state index contributed by atoms with van der Waals surface area (Å²) in [7, 11) is 10.4. The number of methoxy groups -OCH3 is 2. The fourth-order valence-corrected chi connectivity index (χ4v) is 9.60. The highest BCUT2D eigenvalue weighted by Gasteiger charge is 2.21. The van der Waals surface area contributed by atoms with E-state index in [9.17, 15) is 9.59 Å². The zero-order chi connectivity index (χ0) is 52.5. The number of morpholine rings is 1. The summed E-state index contributed by atoms with van der Waals surface area (Å²) in [5.74, 6) is -0.205. The topological polar surface area (TPSA) is 169 Å². The fourth-order valence-electron chi connectivity index (χ4n) is 8.28. The maximum Gasteiger partial charge on any atom is 0.354 e. The minimum atomic E-state index is -0.384. The summed E-state index contributed by atoms with van der Waals surface area (Å²) in [6, 6.07) is 17.1. The van der Waals surface area contributed by atoms with Crippen LogP contribution in [-0.2, 0) is 72.6 Å². The number of rotatable bonds is 6. The van der Waals surface area contributed by atoms with Gasteiger partial charge in [-0.1, -0.05) is 58.0 Å². The van der Waals surface area contributed by atoms with Gasteiger partial charge >= 0.3 is 11.9 Å². The second-order valence-corrected chi connectivity index (χ2v) is 18.6. The third-order valence-electron chi connectivity index (χ3n) is 12.3. The molecule has 0 atom stereocenters. The number of hydrogen-bond donors (Lipinski definition) is 1. The zero-order valence-corrected chi connectivity index (χ0v) is 45.1. The predicted octanol–water partition coefficient (Wildman–Crippen LogP) is 10.6. The molecule has 16 nitrogen and oxygen atoms in total. The van der Waals surface area contributed by atoms with Crippen LogP contribution in [0.2, 0.25) is 25.8 Å². The number of alkyl halides is 1. The Morgan fingerprint density at radius 3 is 1.47 bits per heavy atom. The minimum absolute atomic E-state index is 0.0154. The van der Waals surface area contributed by atoms with Gasteiger partial charge in [0.2, 0.25) is 0 Å². The van der Waals surface area contributed by atoms with Crippen LogP contribution in [0.25, 0.3) is 49.7 Å². The molecule has 9 aromatic heterocycles. The van der Waals surface area contributed by atoms with E-state index in [4.69, 9.17) is 79.4 Å². The first-order chi connectivity index (χ1) is 35.1. The van der Waals surface area contributed by atoms with Crippen molar-refractivity contribution in [2.75, 3.05) is 40.5 Å². The van der Waals surface area contributed by atoms with Crippen molar-refractivity contribution in [3.8, 4) is 0 Å². The van der Waals surface area contributed by atoms with E-state index in [-0.39, 0.29) is 18.5 Å². The molecule has 0 unspecified atom stereocenters. The highest BCUT2D eigenvalue weighted by Crippen LogP contribution is 2.31. The number of carbonyl (C=O) groups excluding carboxylic acids is 2. The van der Waals surface area contributed by atoms with Gasteiger partial charge in [0, 0.05) is 135 Å². The van der Waals surface area contributed by atoms with Gasteiger partial charge in [-0.2, -0.15) is 0 Å². The molecule has 1 N–H and O–H groups in total. The summed E-state index contributed by atoms with van der Waals surface area (Å²) in [6.45, 7) is 4.59. The molecule has 0 amide bonds. The lowest BCUT2D eigenvalue weighted by molar-refractivity contribution is -0.136. The number of pyridine rings is 5. The normalized spacial score (nSPS) is 13.0. The van der Waals surface area contributed by atoms with Crippen molar-refractivity contribution in [2.24, 2.45) is 28.2 Å². The van der Waals surface area contributed by atoms with Crippen LogP contribution < -0.4 is 0 Å². The number of aromatic nitrogens is 9. The van der Waals surface area contributed by atoms with Crippen LogP contribution in [0, 0.1) is 0 Å². The average molecular weight is 1110 g/mol. The molecule has 1 fully saturated rings. The summed E-state index contributed by atoms with van der Waals surface area (Å²) in [5, 5.41) is 15.1. The number of aliphatic hydroxyl groups is 1. The highest BCUT2D eigenvalue weighted by molar-refractivity contribution is 6.35. The maximum atomic E-state index is 11.4. The lowest BCUT2D eigenvalue weighted by atomic mass is 10.1. The molecule has 1 aliphatic heterocycles. The Labute approximate surface area is 450 Å². The first-order valence-corrected chi connectivity index (χ1v) is 24.9. The van der Waals surface area contributed by atoms with Crippen molar-refractivity contribution >= 4 is 131 Å². The number of fused-ring (bicyclic) bond motifs is 5. The Balaban J connectivity index is 0.000000134. The number of esters is 2. The fraction of sp³-hybridized carbons (Fsp3) is 0.275. The van der Waals surface area contributed by atoms with Gasteiger partial charge in [0.1, 0.15) is 31.5 Å². The van der Waals surface area contributed by atoms with Gasteiger partial charge in [-0.15, -0.1) is 11.6 Å². The van der Waals surface area contributed by atoms with Gasteiger partial charge in [0.05, 0.1) is 62.0 Å². The van der Waals surface area contributed by atoms with E-state index in [2.05, 4.69) is 57.0 Å². The molecule has 0 bridgehead atoms. The molecule has 0 saturated carbocycles. The molecule has 0 radical (unpaired) electrons. The van der Waals surface area contributed by atoms with Gasteiger partial charge in [-0.3, -0.25) is 4.90 Å². The van der Waals surface area contributed by atoms with Crippen molar-refractivity contribution in [3.05, 3.63) is 151 Å². The van der Waals surface area contributed by atoms with Crippen LogP contribution in [0.5, 0.6) is 0 Å². The SMILES string of the molecule is COC(=O)C1=Cc2c(ccnc2Cl)C1.COC(=O)c1cc2c(Cl)nccc2n1C.Cn1c(CCl)cc2c(Cl)nccc21.Cn1c(CN2CCOCC2)cc2c(Cl)nccc21.Cn1c(CO)cc2c(Cl)nccc21. The molecular weight excluding hydrogens is 1060 g/mol. The summed E-state index contributed by atoms with van der Waals surface area (Å²) >= 11 is 35.5. The molecule has 9 aromatic rings. The third kappa shape index (κ3) is 12.4. The predicted molar refractivity (Wildman–Crippen MR) is 289 cm³/mol. The number of carbonyl (C=O) groups is 2. The first kappa shape index (κ1) is 55.0. The second kappa shape index (κ2) is 25.0. The number of aliphatic hydroxyl groups excluding tert-OH is 1. The molecule has 2 aliphatic rings. The minimum Gasteiger partial charge on any atom is -0.466 e. The van der Waals surface area contributed by atoms with E-state index in [1.54, 1.807) is 60.8 Å². The lowest BCUT2D eigenvalue weighted by Gasteiger charge is -2.26. The molecule has 0 spiro atoms. The van der Waals surface area contributed by atoms with E-state index >= 15 is 0 Å². The van der Waals surface area contributed by atoms with Crippen molar-refractivity contribution in [1.29, 1.82) is 0 Å². The Morgan fingerprint density at radius 2 is 1.01 bits per heavy atom. The Hall–Kier alpha value is -5.79. The number of ether oxygens (including phenoxy) is 3. The van der Waals surface area contributed by atoms with Gasteiger partial charge in [0.15, 0.2) is 0 Å². The van der Waals surface area contributed by atoms with Crippen LogP contribution in [-0.4, -0.2) is 106 Å². The summed E-state index contributed by atoms with van der Waals surface area (Å²) in [4.78, 5) is 45.0. The molecule has 1 saturated heterocycles. The van der Waals surface area contributed by atoms with E-state index in [1.165, 1.54) is 19.9 Å². The summed E-state index contributed by atoms with van der Waals surface area (Å²) in [6.07, 6.45) is 10.7. The van der Waals surface area contributed by atoms with Gasteiger partial charge in [-0.25, -0.2) is 34.5 Å². The third-order valence-corrected chi connectivity index (χ3v) is 14.1. The number of hydrogen-bond acceptors (Lipinski definition) is 12. The van der Waals surface area contributed by atoms with Crippen LogP contribution in [0.15, 0.2) is 91.2 Å². The first-order valence-electron chi connectivity index (χ1n) is 22.4. The molecule has 1 aliphatic carbocycles. The molecule has 0 aromatic carbocycles.